The SMILES string of the molecule is CCN(CC)Cc1n[nH]c2c1CN(c1ncnc3cc(OC)c(OC)cc13)CC2. The smallest absolute Gasteiger partial charge is 0.162 e. The number of rotatable bonds is 7. The number of anilines is 1. The van der Waals surface area contributed by atoms with Gasteiger partial charge in [-0.1, -0.05) is 13.8 Å². The molecule has 3 heterocycles. The Morgan fingerprint density at radius 2 is 1.86 bits per heavy atom. The quantitative estimate of drug-likeness (QED) is 0.658. The van der Waals surface area contributed by atoms with Crippen molar-refractivity contribution in [2.45, 2.75) is 33.4 Å². The number of fused-ring (bicyclic) bond motifs is 2. The molecule has 1 aliphatic heterocycles. The number of ether oxygens (including phenoxy) is 2. The third-order valence-corrected chi connectivity index (χ3v) is 5.71. The van der Waals surface area contributed by atoms with Crippen LogP contribution >= 0.6 is 0 Å². The summed E-state index contributed by atoms with van der Waals surface area (Å²) >= 11 is 0. The van der Waals surface area contributed by atoms with Gasteiger partial charge in [0.25, 0.3) is 0 Å². The number of aromatic nitrogens is 4. The number of nitrogens with one attached hydrogen (secondary N) is 1. The third-order valence-electron chi connectivity index (χ3n) is 5.71. The molecule has 0 fully saturated rings. The molecule has 0 radical (unpaired) electrons. The zero-order valence-corrected chi connectivity index (χ0v) is 17.5. The van der Waals surface area contributed by atoms with E-state index in [1.54, 1.807) is 20.5 Å². The van der Waals surface area contributed by atoms with Gasteiger partial charge in [0.15, 0.2) is 11.5 Å². The Morgan fingerprint density at radius 3 is 2.59 bits per heavy atom. The number of hydrogen-bond acceptors (Lipinski definition) is 7. The van der Waals surface area contributed by atoms with E-state index in [-0.39, 0.29) is 0 Å². The zero-order valence-electron chi connectivity index (χ0n) is 17.5. The molecule has 0 spiro atoms. The van der Waals surface area contributed by atoms with Gasteiger partial charge in [0.2, 0.25) is 0 Å². The molecule has 2 aromatic heterocycles. The van der Waals surface area contributed by atoms with Crippen LogP contribution in [-0.2, 0) is 19.5 Å². The van der Waals surface area contributed by atoms with Crippen molar-refractivity contribution in [3.05, 3.63) is 35.4 Å². The summed E-state index contributed by atoms with van der Waals surface area (Å²) in [5.41, 5.74) is 4.50. The van der Waals surface area contributed by atoms with Crippen molar-refractivity contribution < 1.29 is 9.47 Å². The van der Waals surface area contributed by atoms with E-state index in [9.17, 15) is 0 Å². The molecule has 0 saturated heterocycles. The first-order chi connectivity index (χ1) is 14.2. The van der Waals surface area contributed by atoms with Crippen LogP contribution in [0.15, 0.2) is 18.5 Å². The Bertz CT molecular complexity index is 998. The van der Waals surface area contributed by atoms with Crippen LogP contribution in [0.4, 0.5) is 5.82 Å². The third kappa shape index (κ3) is 3.60. The Kier molecular flexibility index (Phi) is 5.53. The van der Waals surface area contributed by atoms with E-state index >= 15 is 0 Å². The molecular weight excluding hydrogens is 368 g/mol. The number of benzene rings is 1. The van der Waals surface area contributed by atoms with Crippen molar-refractivity contribution >= 4 is 16.7 Å². The number of H-pyrrole nitrogens is 1. The van der Waals surface area contributed by atoms with Crippen molar-refractivity contribution in [2.24, 2.45) is 0 Å². The Labute approximate surface area is 170 Å². The summed E-state index contributed by atoms with van der Waals surface area (Å²) in [5.74, 6) is 2.26. The number of aromatic amines is 1. The molecule has 0 amide bonds. The lowest BCUT2D eigenvalue weighted by Crippen LogP contribution is -2.32. The Balaban J connectivity index is 1.69. The molecule has 29 heavy (non-hydrogen) atoms. The molecule has 0 unspecified atom stereocenters. The maximum Gasteiger partial charge on any atom is 0.162 e. The van der Waals surface area contributed by atoms with E-state index in [1.165, 1.54) is 11.3 Å². The first-order valence-electron chi connectivity index (χ1n) is 10.1. The van der Waals surface area contributed by atoms with E-state index in [1.807, 2.05) is 12.1 Å². The van der Waals surface area contributed by atoms with Gasteiger partial charge in [0.05, 0.1) is 25.4 Å². The maximum atomic E-state index is 5.50. The van der Waals surface area contributed by atoms with E-state index in [0.29, 0.717) is 11.5 Å². The van der Waals surface area contributed by atoms with Gasteiger partial charge in [-0.15, -0.1) is 0 Å². The van der Waals surface area contributed by atoms with Crippen molar-refractivity contribution in [3.8, 4) is 11.5 Å². The summed E-state index contributed by atoms with van der Waals surface area (Å²) < 4.78 is 10.9. The van der Waals surface area contributed by atoms with Gasteiger partial charge in [-0.05, 0) is 19.2 Å². The van der Waals surface area contributed by atoms with Crippen LogP contribution in [0.1, 0.15) is 30.8 Å². The average molecular weight is 396 g/mol. The van der Waals surface area contributed by atoms with Gasteiger partial charge in [0.1, 0.15) is 12.1 Å². The molecule has 0 saturated carbocycles. The highest BCUT2D eigenvalue weighted by molar-refractivity contribution is 5.92. The van der Waals surface area contributed by atoms with E-state index in [0.717, 1.165) is 61.6 Å². The summed E-state index contributed by atoms with van der Waals surface area (Å²) in [6, 6.07) is 3.86. The summed E-state index contributed by atoms with van der Waals surface area (Å²) in [5, 5.41) is 8.82. The van der Waals surface area contributed by atoms with Crippen LogP contribution in [-0.4, -0.2) is 58.9 Å². The molecule has 4 rings (SSSR count). The molecule has 8 heteroatoms. The monoisotopic (exact) mass is 396 g/mol. The van der Waals surface area contributed by atoms with Crippen molar-refractivity contribution in [1.82, 2.24) is 25.1 Å². The van der Waals surface area contributed by atoms with Crippen LogP contribution in [0.25, 0.3) is 10.9 Å². The summed E-state index contributed by atoms with van der Waals surface area (Å²) in [6.07, 6.45) is 2.53. The molecule has 0 bridgehead atoms. The van der Waals surface area contributed by atoms with Gasteiger partial charge >= 0.3 is 0 Å². The summed E-state index contributed by atoms with van der Waals surface area (Å²) in [7, 11) is 3.28. The van der Waals surface area contributed by atoms with Crippen LogP contribution in [0.3, 0.4) is 0 Å². The highest BCUT2D eigenvalue weighted by Crippen LogP contribution is 2.36. The largest absolute Gasteiger partial charge is 0.493 e. The first-order valence-corrected chi connectivity index (χ1v) is 10.1. The Hall–Kier alpha value is -2.87. The fourth-order valence-electron chi connectivity index (χ4n) is 3.95. The van der Waals surface area contributed by atoms with E-state index in [4.69, 9.17) is 9.47 Å². The minimum absolute atomic E-state index is 0.668. The minimum Gasteiger partial charge on any atom is -0.493 e. The zero-order chi connectivity index (χ0) is 20.4. The molecule has 1 aliphatic rings. The fourth-order valence-corrected chi connectivity index (χ4v) is 3.95. The lowest BCUT2D eigenvalue weighted by Gasteiger charge is -2.29. The van der Waals surface area contributed by atoms with E-state index in [2.05, 4.69) is 43.8 Å². The minimum atomic E-state index is 0.668. The second kappa shape index (κ2) is 8.24. The fraction of sp³-hybridized carbons (Fsp3) is 0.476. The van der Waals surface area contributed by atoms with Crippen LogP contribution in [0.5, 0.6) is 11.5 Å². The van der Waals surface area contributed by atoms with Crippen LogP contribution in [0.2, 0.25) is 0 Å². The molecule has 8 nitrogen and oxygen atoms in total. The second-order valence-electron chi connectivity index (χ2n) is 7.18. The summed E-state index contributed by atoms with van der Waals surface area (Å²) in [4.78, 5) is 13.7. The van der Waals surface area contributed by atoms with Gasteiger partial charge in [-0.2, -0.15) is 5.10 Å². The standard InChI is InChI=1S/C21H28N6O2/c1-5-26(6-2)12-18-15-11-27(8-7-16(15)24-25-18)21-14-9-19(28-3)20(29-4)10-17(14)22-13-23-21/h9-10,13H,5-8,11-12H2,1-4H3,(H,24,25). The van der Waals surface area contributed by atoms with Crippen molar-refractivity contribution in [1.29, 1.82) is 0 Å². The number of hydrogen-bond donors (Lipinski definition) is 1. The molecule has 154 valence electrons. The normalized spacial score (nSPS) is 13.8. The highest BCUT2D eigenvalue weighted by atomic mass is 16.5. The molecule has 0 atom stereocenters. The van der Waals surface area contributed by atoms with E-state index < -0.39 is 0 Å². The van der Waals surface area contributed by atoms with Gasteiger partial charge in [-0.25, -0.2) is 9.97 Å². The van der Waals surface area contributed by atoms with Gasteiger partial charge in [0, 0.05) is 48.8 Å². The predicted octanol–water partition coefficient (Wildman–Crippen LogP) is 2.77. The number of methoxy groups -OCH3 is 2. The lowest BCUT2D eigenvalue weighted by molar-refractivity contribution is 0.291. The first kappa shape index (κ1) is 19.4. The van der Waals surface area contributed by atoms with Gasteiger partial charge < -0.3 is 14.4 Å². The highest BCUT2D eigenvalue weighted by Gasteiger charge is 2.25. The van der Waals surface area contributed by atoms with Crippen LogP contribution < -0.4 is 14.4 Å². The molecule has 1 aromatic carbocycles. The predicted molar refractivity (Wildman–Crippen MR) is 113 cm³/mol. The Morgan fingerprint density at radius 1 is 1.10 bits per heavy atom. The van der Waals surface area contributed by atoms with Gasteiger partial charge in [-0.3, -0.25) is 10.00 Å². The topological polar surface area (TPSA) is 79.4 Å². The lowest BCUT2D eigenvalue weighted by atomic mass is 10.0. The second-order valence-corrected chi connectivity index (χ2v) is 7.18. The van der Waals surface area contributed by atoms with Crippen molar-refractivity contribution in [3.63, 3.8) is 0 Å². The molecular formula is C21H28N6O2. The summed E-state index contributed by atoms with van der Waals surface area (Å²) in [6.45, 7) is 8.92. The molecule has 1 N–H and O–H groups in total. The maximum absolute atomic E-state index is 5.50. The molecule has 0 aliphatic carbocycles. The van der Waals surface area contributed by atoms with Crippen LogP contribution in [0, 0.1) is 0 Å². The number of nitrogens with zero attached hydrogens (tertiary/aromatic N) is 5. The molecule has 3 aromatic rings. The van der Waals surface area contributed by atoms with Crippen molar-refractivity contribution in [2.75, 3.05) is 38.8 Å². The average Bonchev–Trinajstić information content (AvgIpc) is 3.17.